The van der Waals surface area contributed by atoms with Crippen molar-refractivity contribution in [2.75, 3.05) is 25.0 Å². The molecule has 25 heavy (non-hydrogen) atoms. The Morgan fingerprint density at radius 1 is 0.920 bits per heavy atom. The third kappa shape index (κ3) is 5.92. The van der Waals surface area contributed by atoms with Crippen LogP contribution in [0.15, 0.2) is 48.5 Å². The van der Waals surface area contributed by atoms with Crippen LogP contribution in [0.4, 0.5) is 5.69 Å². The molecule has 0 saturated heterocycles. The van der Waals surface area contributed by atoms with E-state index in [0.717, 1.165) is 40.9 Å². The molecule has 130 valence electrons. The van der Waals surface area contributed by atoms with Gasteiger partial charge < -0.3 is 9.80 Å². The molecule has 0 atom stereocenters. The van der Waals surface area contributed by atoms with Crippen molar-refractivity contribution < 1.29 is 9.28 Å². The predicted octanol–water partition coefficient (Wildman–Crippen LogP) is 3.92. The number of hydrogen-bond acceptors (Lipinski definition) is 1. The first-order chi connectivity index (χ1) is 11.5. The first kappa shape index (κ1) is 21.8. The van der Waals surface area contributed by atoms with Crippen LogP contribution in [0.2, 0.25) is 0 Å². The van der Waals surface area contributed by atoms with E-state index in [4.69, 9.17) is 0 Å². The smallest absolute Gasteiger partial charge is 0.321 e. The van der Waals surface area contributed by atoms with Gasteiger partial charge in [-0.25, -0.2) is 0 Å². The summed E-state index contributed by atoms with van der Waals surface area (Å²) in [7, 11) is 0. The van der Waals surface area contributed by atoms with Crippen LogP contribution in [0.25, 0.3) is 0 Å². The van der Waals surface area contributed by atoms with Crippen molar-refractivity contribution in [3.8, 4) is 0 Å². The summed E-state index contributed by atoms with van der Waals surface area (Å²) in [5.41, 5.74) is 4.45. The summed E-state index contributed by atoms with van der Waals surface area (Å²) in [6.07, 6.45) is 0. The van der Waals surface area contributed by atoms with E-state index in [0.29, 0.717) is 6.54 Å². The monoisotopic (exact) mass is 533 g/mol. The fourth-order valence-electron chi connectivity index (χ4n) is 3.19. The maximum absolute atomic E-state index is 12.7. The Bertz CT molecular complexity index is 661. The van der Waals surface area contributed by atoms with Crippen molar-refractivity contribution in [1.29, 1.82) is 0 Å². The number of quaternary nitrogens is 1. The molecule has 0 aromatic heterocycles. The summed E-state index contributed by atoms with van der Waals surface area (Å²) in [6.45, 7) is 11.7. The van der Waals surface area contributed by atoms with Gasteiger partial charge in [-0.1, -0.05) is 48.5 Å². The van der Waals surface area contributed by atoms with Crippen LogP contribution in [0.3, 0.4) is 0 Å². The number of nitrogens with zero attached hydrogens (tertiary/aromatic N) is 1. The van der Waals surface area contributed by atoms with Crippen molar-refractivity contribution >= 4 is 38.9 Å². The standard InChI is InChI=1S/C21H28N2O.Pb/c1-5-23(6-2,15-19-13-8-7-9-14-19)16-20(24)22-21-17(3)11-10-12-18(21)4;/h7-14H,5-6,15-16H2,1-4H3;/q;+2/p+1. The van der Waals surface area contributed by atoms with Gasteiger partial charge in [0.15, 0.2) is 6.54 Å². The Labute approximate surface area is 172 Å². The Balaban J connectivity index is 0.00000312. The zero-order chi connectivity index (χ0) is 17.6. The van der Waals surface area contributed by atoms with Gasteiger partial charge in [-0.3, -0.25) is 4.79 Å². The molecule has 1 amide bonds. The van der Waals surface area contributed by atoms with Gasteiger partial charge in [-0.2, -0.15) is 0 Å². The predicted molar refractivity (Wildman–Crippen MR) is 107 cm³/mol. The van der Waals surface area contributed by atoms with Crippen molar-refractivity contribution in [2.45, 2.75) is 34.2 Å². The van der Waals surface area contributed by atoms with Crippen molar-refractivity contribution in [3.63, 3.8) is 0 Å². The number of anilines is 1. The van der Waals surface area contributed by atoms with Crippen LogP contribution in [-0.4, -0.2) is 57.3 Å². The summed E-state index contributed by atoms with van der Waals surface area (Å²) in [5, 5.41) is 3.13. The number of hydrogen-bond donors (Lipinski definition) is 1. The van der Waals surface area contributed by atoms with Gasteiger partial charge >= 0.3 is 27.3 Å². The molecular formula is C21H29N2OPb+3. The van der Waals surface area contributed by atoms with Crippen molar-refractivity contribution in [1.82, 2.24) is 0 Å². The number of benzene rings is 2. The molecule has 3 nitrogen and oxygen atoms in total. The number of amides is 1. The van der Waals surface area contributed by atoms with E-state index in [-0.39, 0.29) is 33.2 Å². The number of likely N-dealkylation sites (N-methyl/N-ethyl adjacent to an activating group) is 1. The van der Waals surface area contributed by atoms with Gasteiger partial charge in [0.1, 0.15) is 6.54 Å². The first-order valence-corrected chi connectivity index (χ1v) is 8.75. The van der Waals surface area contributed by atoms with E-state index in [9.17, 15) is 4.79 Å². The molecule has 0 aliphatic rings. The van der Waals surface area contributed by atoms with Gasteiger partial charge in [-0.15, -0.1) is 0 Å². The molecular weight excluding hydrogens is 503 g/mol. The van der Waals surface area contributed by atoms with E-state index in [1.165, 1.54) is 5.56 Å². The van der Waals surface area contributed by atoms with Gasteiger partial charge in [0.05, 0.1) is 13.1 Å². The molecule has 0 bridgehead atoms. The molecule has 0 fully saturated rings. The fourth-order valence-corrected chi connectivity index (χ4v) is 3.19. The van der Waals surface area contributed by atoms with Gasteiger partial charge in [0.2, 0.25) is 0 Å². The molecule has 0 spiro atoms. The van der Waals surface area contributed by atoms with Gasteiger partial charge in [-0.05, 0) is 38.8 Å². The maximum Gasteiger partial charge on any atom is 2.00 e. The van der Waals surface area contributed by atoms with Crippen molar-refractivity contribution in [3.05, 3.63) is 65.2 Å². The van der Waals surface area contributed by atoms with Crippen molar-refractivity contribution in [2.24, 2.45) is 0 Å². The Kier molecular flexibility index (Phi) is 8.79. The Morgan fingerprint density at radius 3 is 2.00 bits per heavy atom. The Hall–Kier alpha value is -1.21. The quantitative estimate of drug-likeness (QED) is 0.425. The topological polar surface area (TPSA) is 29.1 Å². The summed E-state index contributed by atoms with van der Waals surface area (Å²) < 4.78 is 0.765. The van der Waals surface area contributed by atoms with Crippen LogP contribution >= 0.6 is 0 Å². The van der Waals surface area contributed by atoms with E-state index in [2.05, 4.69) is 43.4 Å². The van der Waals surface area contributed by atoms with Gasteiger partial charge in [0.25, 0.3) is 5.91 Å². The molecule has 0 unspecified atom stereocenters. The molecule has 2 aromatic rings. The summed E-state index contributed by atoms with van der Waals surface area (Å²) in [4.78, 5) is 12.7. The third-order valence-electron chi connectivity index (χ3n) is 4.93. The zero-order valence-electron chi connectivity index (χ0n) is 15.8. The molecule has 2 rings (SSSR count). The van der Waals surface area contributed by atoms with E-state index >= 15 is 0 Å². The van der Waals surface area contributed by atoms with Crippen LogP contribution in [0.5, 0.6) is 0 Å². The van der Waals surface area contributed by atoms with E-state index in [1.54, 1.807) is 0 Å². The van der Waals surface area contributed by atoms with Crippen LogP contribution in [0.1, 0.15) is 30.5 Å². The molecule has 2 radical (unpaired) electrons. The first-order valence-electron chi connectivity index (χ1n) is 8.75. The largest absolute Gasteiger partial charge is 2.00 e. The second kappa shape index (κ2) is 10.1. The number of carbonyl (C=O) groups is 1. The fraction of sp³-hybridized carbons (Fsp3) is 0.381. The van der Waals surface area contributed by atoms with Crippen LogP contribution in [-0.2, 0) is 11.3 Å². The second-order valence-electron chi connectivity index (χ2n) is 6.59. The molecule has 0 aliphatic heterocycles. The van der Waals surface area contributed by atoms with E-state index in [1.807, 2.05) is 38.1 Å². The maximum atomic E-state index is 12.7. The third-order valence-corrected chi connectivity index (χ3v) is 4.93. The Morgan fingerprint density at radius 2 is 1.48 bits per heavy atom. The SMILES string of the molecule is CC[N+](CC)(CC(=O)Nc1c(C)cccc1C)Cc1ccccc1.[Pb+2]. The number of carbonyl (C=O) groups excluding carboxylic acids is 1. The number of aryl methyl sites for hydroxylation is 2. The van der Waals surface area contributed by atoms with Crippen LogP contribution < -0.4 is 5.32 Å². The number of para-hydroxylation sites is 1. The minimum Gasteiger partial charge on any atom is -0.321 e. The number of nitrogens with one attached hydrogen (secondary N) is 1. The molecule has 0 heterocycles. The van der Waals surface area contributed by atoms with Crippen LogP contribution in [0, 0.1) is 13.8 Å². The zero-order valence-corrected chi connectivity index (χ0v) is 19.7. The molecule has 0 saturated carbocycles. The normalized spacial score (nSPS) is 10.9. The van der Waals surface area contributed by atoms with Gasteiger partial charge in [0, 0.05) is 11.3 Å². The summed E-state index contributed by atoms with van der Waals surface area (Å²) in [5.74, 6) is 0.0898. The summed E-state index contributed by atoms with van der Waals surface area (Å²) in [6, 6.07) is 16.5. The minimum atomic E-state index is 0. The molecule has 4 heteroatoms. The minimum absolute atomic E-state index is 0. The van der Waals surface area contributed by atoms with E-state index < -0.39 is 0 Å². The average molecular weight is 533 g/mol. The average Bonchev–Trinajstić information content (AvgIpc) is 2.58. The summed E-state index contributed by atoms with van der Waals surface area (Å²) >= 11 is 0. The molecule has 1 N–H and O–H groups in total. The molecule has 0 aliphatic carbocycles. The number of rotatable bonds is 7. The molecule has 2 aromatic carbocycles. The second-order valence-corrected chi connectivity index (χ2v) is 6.59.